The molecular weight excluding hydrogens is 311 g/mol. The average Bonchev–Trinajstić information content (AvgIpc) is 2.55. The van der Waals surface area contributed by atoms with Crippen molar-refractivity contribution in [3.63, 3.8) is 0 Å². The van der Waals surface area contributed by atoms with Crippen molar-refractivity contribution >= 4 is 28.8 Å². The zero-order valence-corrected chi connectivity index (χ0v) is 14.3. The number of rotatable bonds is 1. The van der Waals surface area contributed by atoms with E-state index >= 15 is 0 Å². The molecule has 1 saturated carbocycles. The van der Waals surface area contributed by atoms with Gasteiger partial charge >= 0.3 is 0 Å². The molecule has 1 N–H and O–H groups in total. The Kier molecular flexibility index (Phi) is 4.95. The molecule has 1 atom stereocenters. The van der Waals surface area contributed by atoms with Gasteiger partial charge in [-0.2, -0.15) is 0 Å². The van der Waals surface area contributed by atoms with Gasteiger partial charge in [0.2, 0.25) is 0 Å². The van der Waals surface area contributed by atoms with E-state index in [1.807, 2.05) is 6.92 Å². The molecular formula is C18H23FN2OS. The zero-order valence-electron chi connectivity index (χ0n) is 13.5. The van der Waals surface area contributed by atoms with Gasteiger partial charge in [-0.1, -0.05) is 31.5 Å². The lowest BCUT2D eigenvalue weighted by Gasteiger charge is -2.36. The second-order valence-electron chi connectivity index (χ2n) is 6.64. The Hall–Kier alpha value is -1.49. The Bertz CT molecular complexity index is 613. The van der Waals surface area contributed by atoms with E-state index < -0.39 is 0 Å². The van der Waals surface area contributed by atoms with Crippen LogP contribution in [0.4, 0.5) is 10.1 Å². The summed E-state index contributed by atoms with van der Waals surface area (Å²) in [7, 11) is 0. The molecule has 1 aliphatic carbocycles. The van der Waals surface area contributed by atoms with Crippen molar-refractivity contribution in [1.82, 2.24) is 5.32 Å². The van der Waals surface area contributed by atoms with Crippen molar-refractivity contribution in [2.45, 2.75) is 64.0 Å². The first-order valence-corrected chi connectivity index (χ1v) is 8.89. The summed E-state index contributed by atoms with van der Waals surface area (Å²) in [6, 6.07) is 5.02. The number of nitrogens with zero attached hydrogens (tertiary/aromatic N) is 1. The lowest BCUT2D eigenvalue weighted by Crippen LogP contribution is -2.50. The fourth-order valence-electron chi connectivity index (χ4n) is 3.63. The number of nitrogens with one attached hydrogen (secondary N) is 1. The zero-order chi connectivity index (χ0) is 16.4. The number of hydrogen-bond acceptors (Lipinski definition) is 2. The van der Waals surface area contributed by atoms with Crippen LogP contribution in [0.1, 0.15) is 51.0 Å². The minimum absolute atomic E-state index is 0.0755. The van der Waals surface area contributed by atoms with Crippen molar-refractivity contribution in [3.05, 3.63) is 29.6 Å². The molecule has 1 unspecified atom stereocenters. The smallest absolute Gasteiger partial charge is 0.285 e. The molecule has 1 aliphatic heterocycles. The fraction of sp³-hybridized carbons (Fsp3) is 0.556. The highest BCUT2D eigenvalue weighted by Gasteiger charge is 2.31. The van der Waals surface area contributed by atoms with Crippen LogP contribution >= 0.6 is 12.2 Å². The van der Waals surface area contributed by atoms with Crippen LogP contribution in [-0.4, -0.2) is 23.0 Å². The molecule has 1 aromatic carbocycles. The number of aryl methyl sites for hydroxylation is 1. The summed E-state index contributed by atoms with van der Waals surface area (Å²) in [4.78, 5) is 14.9. The maximum Gasteiger partial charge on any atom is 0.285 e. The van der Waals surface area contributed by atoms with Gasteiger partial charge in [-0.3, -0.25) is 4.79 Å². The summed E-state index contributed by atoms with van der Waals surface area (Å²) in [6.45, 7) is 2.02. The first-order chi connectivity index (χ1) is 11.1. The van der Waals surface area contributed by atoms with Gasteiger partial charge in [-0.15, -0.1) is 0 Å². The van der Waals surface area contributed by atoms with Crippen LogP contribution in [0.25, 0.3) is 0 Å². The number of benzene rings is 1. The highest BCUT2D eigenvalue weighted by Crippen LogP contribution is 2.31. The number of carbonyl (C=O) groups is 1. The molecule has 1 amide bonds. The van der Waals surface area contributed by atoms with Crippen LogP contribution < -0.4 is 10.2 Å². The van der Waals surface area contributed by atoms with E-state index in [9.17, 15) is 9.18 Å². The molecule has 23 heavy (non-hydrogen) atoms. The number of halogens is 1. The monoisotopic (exact) mass is 334 g/mol. The van der Waals surface area contributed by atoms with Gasteiger partial charge in [0.15, 0.2) is 4.99 Å². The van der Waals surface area contributed by atoms with E-state index in [4.69, 9.17) is 12.2 Å². The number of fused-ring (bicyclic) bond motifs is 1. The van der Waals surface area contributed by atoms with Crippen LogP contribution in [0.3, 0.4) is 0 Å². The Labute approximate surface area is 142 Å². The fourth-order valence-corrected chi connectivity index (χ4v) is 3.90. The van der Waals surface area contributed by atoms with Crippen molar-refractivity contribution in [1.29, 1.82) is 0 Å². The second-order valence-corrected chi connectivity index (χ2v) is 7.05. The highest BCUT2D eigenvalue weighted by atomic mass is 32.1. The van der Waals surface area contributed by atoms with Crippen LogP contribution in [0.15, 0.2) is 18.2 Å². The van der Waals surface area contributed by atoms with Crippen LogP contribution in [0.2, 0.25) is 0 Å². The van der Waals surface area contributed by atoms with E-state index in [1.165, 1.54) is 31.4 Å². The van der Waals surface area contributed by atoms with Crippen molar-refractivity contribution in [3.8, 4) is 0 Å². The third-order valence-electron chi connectivity index (χ3n) is 4.93. The molecule has 124 valence electrons. The van der Waals surface area contributed by atoms with Gasteiger partial charge in [-0.05, 0) is 56.4 Å². The summed E-state index contributed by atoms with van der Waals surface area (Å²) >= 11 is 5.37. The first kappa shape index (κ1) is 16.4. The second kappa shape index (κ2) is 6.95. The summed E-state index contributed by atoms with van der Waals surface area (Å²) < 4.78 is 13.4. The summed E-state index contributed by atoms with van der Waals surface area (Å²) in [5.41, 5.74) is 1.68. The van der Waals surface area contributed by atoms with Gasteiger partial charge < -0.3 is 10.2 Å². The molecule has 3 nitrogen and oxygen atoms in total. The molecule has 0 bridgehead atoms. The van der Waals surface area contributed by atoms with E-state index in [0.29, 0.717) is 11.0 Å². The number of anilines is 1. The molecule has 1 heterocycles. The minimum Gasteiger partial charge on any atom is -0.369 e. The molecule has 5 heteroatoms. The van der Waals surface area contributed by atoms with Gasteiger partial charge in [0.1, 0.15) is 5.82 Å². The lowest BCUT2D eigenvalue weighted by atomic mass is 9.95. The van der Waals surface area contributed by atoms with E-state index in [-0.39, 0.29) is 17.8 Å². The topological polar surface area (TPSA) is 32.3 Å². The Balaban J connectivity index is 1.77. The predicted octanol–water partition coefficient (Wildman–Crippen LogP) is 3.74. The third-order valence-corrected chi connectivity index (χ3v) is 5.22. The Morgan fingerprint density at radius 1 is 1.26 bits per heavy atom. The molecule has 1 fully saturated rings. The quantitative estimate of drug-likeness (QED) is 0.794. The van der Waals surface area contributed by atoms with E-state index in [1.54, 1.807) is 11.0 Å². The minimum atomic E-state index is -0.256. The molecule has 0 saturated heterocycles. The number of thiocarbonyl (C=S) groups is 1. The average molecular weight is 334 g/mol. The number of amides is 1. The van der Waals surface area contributed by atoms with Crippen LogP contribution in [0.5, 0.6) is 0 Å². The maximum atomic E-state index is 13.4. The molecule has 0 aromatic heterocycles. The van der Waals surface area contributed by atoms with E-state index in [0.717, 1.165) is 36.9 Å². The summed E-state index contributed by atoms with van der Waals surface area (Å²) in [6.07, 6.45) is 7.42. The lowest BCUT2D eigenvalue weighted by molar-refractivity contribution is -0.113. The van der Waals surface area contributed by atoms with Crippen LogP contribution in [0, 0.1) is 5.82 Å². The SMILES string of the molecule is CC1CCc2cc(F)ccc2N1C(=O)C(=S)NC1CCCCC1. The van der Waals surface area contributed by atoms with Crippen LogP contribution in [-0.2, 0) is 11.2 Å². The molecule has 1 aromatic rings. The van der Waals surface area contributed by atoms with Crippen molar-refractivity contribution < 1.29 is 9.18 Å². The van der Waals surface area contributed by atoms with Gasteiger partial charge in [0.25, 0.3) is 5.91 Å². The summed E-state index contributed by atoms with van der Waals surface area (Å²) in [5.74, 6) is -0.417. The third kappa shape index (κ3) is 3.55. The number of hydrogen-bond donors (Lipinski definition) is 1. The molecule has 2 aliphatic rings. The van der Waals surface area contributed by atoms with Crippen molar-refractivity contribution in [2.75, 3.05) is 4.90 Å². The Morgan fingerprint density at radius 3 is 2.74 bits per heavy atom. The van der Waals surface area contributed by atoms with Gasteiger partial charge in [0, 0.05) is 17.8 Å². The maximum absolute atomic E-state index is 13.4. The normalized spacial score (nSPS) is 21.7. The predicted molar refractivity (Wildman–Crippen MR) is 94.3 cm³/mol. The largest absolute Gasteiger partial charge is 0.369 e. The van der Waals surface area contributed by atoms with Crippen molar-refractivity contribution in [2.24, 2.45) is 0 Å². The van der Waals surface area contributed by atoms with Gasteiger partial charge in [-0.25, -0.2) is 4.39 Å². The molecule has 0 radical (unpaired) electrons. The summed E-state index contributed by atoms with van der Waals surface area (Å²) in [5, 5.41) is 3.24. The van der Waals surface area contributed by atoms with E-state index in [2.05, 4.69) is 5.32 Å². The first-order valence-electron chi connectivity index (χ1n) is 8.49. The molecule has 3 rings (SSSR count). The molecule has 0 spiro atoms. The highest BCUT2D eigenvalue weighted by molar-refractivity contribution is 7.82. The van der Waals surface area contributed by atoms with Gasteiger partial charge in [0.05, 0.1) is 0 Å². The number of carbonyl (C=O) groups excluding carboxylic acids is 1. The Morgan fingerprint density at radius 2 is 2.00 bits per heavy atom. The standard InChI is InChI=1S/C18H23FN2OS/c1-12-7-8-13-11-14(19)9-10-16(13)21(12)18(22)17(23)20-15-5-3-2-4-6-15/h9-12,15H,2-8H2,1H3,(H,20,23).